The van der Waals surface area contributed by atoms with Crippen molar-refractivity contribution in [1.29, 1.82) is 15.8 Å². The van der Waals surface area contributed by atoms with E-state index in [0.29, 0.717) is 16.7 Å². The zero-order valence-electron chi connectivity index (χ0n) is 26.7. The van der Waals surface area contributed by atoms with Crippen LogP contribution in [0.1, 0.15) is 16.7 Å². The van der Waals surface area contributed by atoms with E-state index in [9.17, 15) is 15.8 Å². The van der Waals surface area contributed by atoms with Crippen LogP contribution in [0.4, 0.5) is 0 Å². The molecule has 2 heterocycles. The second-order valence-electron chi connectivity index (χ2n) is 12.4. The van der Waals surface area contributed by atoms with Crippen molar-refractivity contribution >= 4 is 43.6 Å². The molecule has 5 nitrogen and oxygen atoms in total. The number of nitriles is 3. The largest absolute Gasteiger partial charge is 0.309 e. The van der Waals surface area contributed by atoms with Crippen LogP contribution in [0.15, 0.2) is 152 Å². The molecular formula is C45H25N5. The summed E-state index contributed by atoms with van der Waals surface area (Å²) in [5.41, 5.74) is 11.1. The molecule has 0 unspecified atom stereocenters. The smallest absolute Gasteiger partial charge is 0.0998 e. The van der Waals surface area contributed by atoms with Gasteiger partial charge in [0.25, 0.3) is 0 Å². The molecule has 0 N–H and O–H groups in total. The Morgan fingerprint density at radius 3 is 1.48 bits per heavy atom. The lowest BCUT2D eigenvalue weighted by Crippen LogP contribution is -1.98. The molecule has 0 saturated heterocycles. The predicted octanol–water partition coefficient (Wildman–Crippen LogP) is 10.8. The normalized spacial score (nSPS) is 11.1. The van der Waals surface area contributed by atoms with Crippen LogP contribution in [0.5, 0.6) is 0 Å². The van der Waals surface area contributed by atoms with Gasteiger partial charge in [-0.05, 0) is 101 Å². The van der Waals surface area contributed by atoms with Crippen molar-refractivity contribution < 1.29 is 0 Å². The fourth-order valence-electron chi connectivity index (χ4n) is 7.39. The van der Waals surface area contributed by atoms with Gasteiger partial charge in [-0.25, -0.2) is 0 Å². The maximum atomic E-state index is 10.3. The van der Waals surface area contributed by atoms with E-state index in [4.69, 9.17) is 0 Å². The highest BCUT2D eigenvalue weighted by Gasteiger charge is 2.18. The summed E-state index contributed by atoms with van der Waals surface area (Å²) < 4.78 is 4.44. The maximum Gasteiger partial charge on any atom is 0.0998 e. The zero-order valence-corrected chi connectivity index (χ0v) is 26.7. The van der Waals surface area contributed by atoms with Crippen LogP contribution in [0, 0.1) is 34.0 Å². The molecule has 50 heavy (non-hydrogen) atoms. The third-order valence-corrected chi connectivity index (χ3v) is 9.55. The molecule has 0 amide bonds. The number of para-hydroxylation sites is 3. The van der Waals surface area contributed by atoms with E-state index in [-0.39, 0.29) is 0 Å². The topological polar surface area (TPSA) is 81.2 Å². The molecule has 230 valence electrons. The Bertz CT molecular complexity index is 2920. The highest BCUT2D eigenvalue weighted by atomic mass is 15.0. The van der Waals surface area contributed by atoms with E-state index in [1.54, 1.807) is 0 Å². The fraction of sp³-hybridized carbons (Fsp3) is 0. The number of nitrogens with zero attached hydrogens (tertiary/aromatic N) is 5. The minimum Gasteiger partial charge on any atom is -0.309 e. The average Bonchev–Trinajstić information content (AvgIpc) is 3.70. The first kappa shape index (κ1) is 28.8. The number of fused-ring (bicyclic) bond motifs is 6. The quantitative estimate of drug-likeness (QED) is 0.193. The first-order valence-electron chi connectivity index (χ1n) is 16.3. The number of aromatic nitrogens is 2. The summed E-state index contributed by atoms with van der Waals surface area (Å²) in [5.74, 6) is 0. The molecule has 0 saturated carbocycles. The average molecular weight is 636 g/mol. The summed E-state index contributed by atoms with van der Waals surface area (Å²) in [5, 5.41) is 34.5. The Kier molecular flexibility index (Phi) is 6.56. The van der Waals surface area contributed by atoms with Crippen molar-refractivity contribution in [3.63, 3.8) is 0 Å². The van der Waals surface area contributed by atoms with Gasteiger partial charge in [-0.15, -0.1) is 0 Å². The molecular weight excluding hydrogens is 611 g/mol. The van der Waals surface area contributed by atoms with E-state index in [0.717, 1.165) is 77.2 Å². The number of benzene rings is 7. The van der Waals surface area contributed by atoms with Crippen LogP contribution in [-0.2, 0) is 0 Å². The summed E-state index contributed by atoms with van der Waals surface area (Å²) in [7, 11) is 0. The molecule has 9 rings (SSSR count). The van der Waals surface area contributed by atoms with Crippen LogP contribution < -0.4 is 0 Å². The maximum absolute atomic E-state index is 10.3. The van der Waals surface area contributed by atoms with Crippen molar-refractivity contribution in [1.82, 2.24) is 9.13 Å². The summed E-state index contributed by atoms with van der Waals surface area (Å²) >= 11 is 0. The summed E-state index contributed by atoms with van der Waals surface area (Å²) in [6.07, 6.45) is 0. The van der Waals surface area contributed by atoms with E-state index in [1.165, 1.54) is 0 Å². The molecule has 2 aromatic heterocycles. The molecule has 0 spiro atoms. The second kappa shape index (κ2) is 11.4. The van der Waals surface area contributed by atoms with Crippen molar-refractivity contribution in [2.75, 3.05) is 0 Å². The number of hydrogen-bond acceptors (Lipinski definition) is 3. The van der Waals surface area contributed by atoms with Crippen LogP contribution in [0.2, 0.25) is 0 Å². The Morgan fingerprint density at radius 2 is 0.860 bits per heavy atom. The van der Waals surface area contributed by atoms with Crippen molar-refractivity contribution in [3.05, 3.63) is 168 Å². The van der Waals surface area contributed by atoms with Crippen LogP contribution in [0.25, 0.3) is 77.2 Å². The first-order valence-corrected chi connectivity index (χ1v) is 16.3. The molecule has 0 radical (unpaired) electrons. The van der Waals surface area contributed by atoms with Gasteiger partial charge in [0.1, 0.15) is 0 Å². The van der Waals surface area contributed by atoms with E-state index >= 15 is 0 Å². The predicted molar refractivity (Wildman–Crippen MR) is 200 cm³/mol. The lowest BCUT2D eigenvalue weighted by molar-refractivity contribution is 1.17. The lowest BCUT2D eigenvalue weighted by atomic mass is 9.94. The fourth-order valence-corrected chi connectivity index (χ4v) is 7.39. The molecule has 0 aliphatic rings. The van der Waals surface area contributed by atoms with Crippen LogP contribution >= 0.6 is 0 Å². The molecule has 0 aliphatic carbocycles. The first-order chi connectivity index (χ1) is 24.6. The Hall–Kier alpha value is -7.39. The van der Waals surface area contributed by atoms with Gasteiger partial charge in [0.2, 0.25) is 0 Å². The van der Waals surface area contributed by atoms with E-state index in [1.807, 2.05) is 78.9 Å². The molecule has 0 aliphatic heterocycles. The van der Waals surface area contributed by atoms with E-state index < -0.39 is 0 Å². The molecule has 9 aromatic rings. The highest BCUT2D eigenvalue weighted by Crippen LogP contribution is 2.39. The molecule has 0 fully saturated rings. The SMILES string of the molecule is N#Cc1cc(-c2cc(-c3ccccc3C#N)cc(-n3c4ccccc4c4cc(C#N)ccc43)c2)cc(-n2c3ccccc3c3ccccc32)c1. The van der Waals surface area contributed by atoms with Crippen molar-refractivity contribution in [2.45, 2.75) is 0 Å². The molecule has 5 heteroatoms. The summed E-state index contributed by atoms with van der Waals surface area (Å²) in [6.45, 7) is 0. The van der Waals surface area contributed by atoms with Gasteiger partial charge in [0.05, 0.1) is 57.0 Å². The highest BCUT2D eigenvalue weighted by molar-refractivity contribution is 6.10. The third-order valence-electron chi connectivity index (χ3n) is 9.55. The standard InChI is InChI=1S/C45H25N5/c46-26-29-17-18-45-41(21-29)40-13-5-8-16-44(40)50(45)36-24-33(22-34(25-36)37-10-2-1-9-31(37)28-48)32-19-30(27-47)20-35(23-32)49-42-14-6-3-11-38(42)39-12-4-7-15-43(39)49/h1-25H. The van der Waals surface area contributed by atoms with Gasteiger partial charge in [0, 0.05) is 32.9 Å². The van der Waals surface area contributed by atoms with Gasteiger partial charge < -0.3 is 9.13 Å². The van der Waals surface area contributed by atoms with Crippen molar-refractivity contribution in [2.24, 2.45) is 0 Å². The van der Waals surface area contributed by atoms with Gasteiger partial charge in [0.15, 0.2) is 0 Å². The third kappa shape index (κ3) is 4.45. The minimum atomic E-state index is 0.546. The van der Waals surface area contributed by atoms with Crippen LogP contribution in [0.3, 0.4) is 0 Å². The number of hydrogen-bond donors (Lipinski definition) is 0. The molecule has 0 bridgehead atoms. The Labute approximate surface area is 287 Å². The minimum absolute atomic E-state index is 0.546. The monoisotopic (exact) mass is 635 g/mol. The van der Waals surface area contributed by atoms with Crippen LogP contribution in [-0.4, -0.2) is 9.13 Å². The Morgan fingerprint density at radius 1 is 0.360 bits per heavy atom. The Balaban J connectivity index is 1.35. The van der Waals surface area contributed by atoms with Gasteiger partial charge in [-0.2, -0.15) is 15.8 Å². The second-order valence-corrected chi connectivity index (χ2v) is 12.4. The molecule has 7 aromatic carbocycles. The summed E-state index contributed by atoms with van der Waals surface area (Å²) in [4.78, 5) is 0. The van der Waals surface area contributed by atoms with Crippen molar-refractivity contribution in [3.8, 4) is 51.8 Å². The van der Waals surface area contributed by atoms with Gasteiger partial charge in [-0.1, -0.05) is 72.8 Å². The van der Waals surface area contributed by atoms with E-state index in [2.05, 4.69) is 100 Å². The zero-order chi connectivity index (χ0) is 33.8. The lowest BCUT2D eigenvalue weighted by Gasteiger charge is -2.16. The van der Waals surface area contributed by atoms with Gasteiger partial charge in [-0.3, -0.25) is 0 Å². The summed E-state index contributed by atoms with van der Waals surface area (Å²) in [6, 6.07) is 57.8. The molecule has 0 atom stereocenters. The van der Waals surface area contributed by atoms with Gasteiger partial charge >= 0.3 is 0 Å². The number of rotatable bonds is 4.